The lowest BCUT2D eigenvalue weighted by atomic mass is 10.2. The summed E-state index contributed by atoms with van der Waals surface area (Å²) in [7, 11) is 0. The van der Waals surface area contributed by atoms with Crippen LogP contribution in [-0.4, -0.2) is 0 Å². The van der Waals surface area contributed by atoms with E-state index < -0.39 is 0 Å². The molecule has 0 N–H and O–H groups in total. The molecule has 0 aliphatic carbocycles. The van der Waals surface area contributed by atoms with Crippen LogP contribution in [0.5, 0.6) is 0 Å². The van der Waals surface area contributed by atoms with E-state index in [4.69, 9.17) is 0 Å². The van der Waals surface area contributed by atoms with Crippen LogP contribution in [0, 0.1) is 0 Å². The van der Waals surface area contributed by atoms with Gasteiger partial charge in [-0.15, -0.1) is 0 Å². The third kappa shape index (κ3) is 4.00. The van der Waals surface area contributed by atoms with Gasteiger partial charge in [0, 0.05) is 0 Å². The van der Waals surface area contributed by atoms with Gasteiger partial charge in [-0.05, 0) is 0 Å². The third-order valence-corrected chi connectivity index (χ3v) is 0.957. The molecule has 0 saturated heterocycles. The van der Waals surface area contributed by atoms with Crippen molar-refractivity contribution in [3.63, 3.8) is 0 Å². The molecule has 0 aromatic heterocycles. The van der Waals surface area contributed by atoms with Gasteiger partial charge in [-0.2, -0.15) is 0 Å². The van der Waals surface area contributed by atoms with Crippen molar-refractivity contribution < 1.29 is 1.43 Å². The minimum atomic E-state index is 0. The van der Waals surface area contributed by atoms with Crippen LogP contribution >= 0.6 is 0 Å². The molecule has 0 atom stereocenters. The summed E-state index contributed by atoms with van der Waals surface area (Å²) in [6.45, 7) is 4.46. The molecule has 0 amide bonds. The Balaban J connectivity index is 0. The van der Waals surface area contributed by atoms with Crippen LogP contribution < -0.4 is 0 Å². The van der Waals surface area contributed by atoms with Crippen molar-refractivity contribution in [1.82, 2.24) is 0 Å². The van der Waals surface area contributed by atoms with Gasteiger partial charge in [0.1, 0.15) is 0 Å². The number of hydrogen-bond donors (Lipinski definition) is 0. The van der Waals surface area contributed by atoms with E-state index >= 15 is 0 Å². The number of unbranched alkanes of at least 4 members (excludes halogenated alkanes) is 3. The molecular weight excluding hydrogens is 72.1 g/mol. The predicted octanol–water partition coefficient (Wildman–Crippen LogP) is 2.70. The second-order valence-electron chi connectivity index (χ2n) is 1.71. The number of hydrogen-bond acceptors (Lipinski definition) is 0. The molecule has 0 spiro atoms. The molecule has 0 aliphatic rings. The van der Waals surface area contributed by atoms with Crippen LogP contribution in [0.25, 0.3) is 0 Å². The molecule has 0 rings (SSSR count). The molecule has 0 saturated carbocycles. The first-order valence-corrected chi connectivity index (χ1v) is 2.91. The summed E-state index contributed by atoms with van der Waals surface area (Å²) in [5, 5.41) is 0. The lowest BCUT2D eigenvalue weighted by Crippen LogP contribution is -1.66. The quantitative estimate of drug-likeness (QED) is 0.464. The highest BCUT2D eigenvalue weighted by Crippen LogP contribution is 1.95. The molecule has 0 nitrogen and oxygen atoms in total. The number of rotatable bonds is 3. The average molecular weight is 87.2 g/mol. The minimum Gasteiger partial charge on any atom is -1.00 e. The van der Waals surface area contributed by atoms with E-state index in [1.165, 1.54) is 25.7 Å². The molecular formula is C6H15-. The smallest absolute Gasteiger partial charge is 0.0536 e. The molecule has 0 unspecified atom stereocenters. The molecule has 0 heteroatoms. The molecule has 40 valence electrons. The maximum atomic E-state index is 2.23. The summed E-state index contributed by atoms with van der Waals surface area (Å²) in [4.78, 5) is 0. The minimum absolute atomic E-state index is 0. The van der Waals surface area contributed by atoms with Gasteiger partial charge in [0.25, 0.3) is 0 Å². The zero-order valence-electron chi connectivity index (χ0n) is 5.83. The van der Waals surface area contributed by atoms with Gasteiger partial charge in [0.2, 0.25) is 0 Å². The molecule has 0 radical (unpaired) electrons. The van der Waals surface area contributed by atoms with Crippen molar-refractivity contribution >= 4 is 0 Å². The maximum absolute atomic E-state index is 2.23. The Morgan fingerprint density at radius 2 is 1.33 bits per heavy atom. The highest BCUT2D eigenvalue weighted by atomic mass is 13.8. The Morgan fingerprint density at radius 1 is 1.00 bits per heavy atom. The SMILES string of the molecule is CCCCCC.[H-]. The van der Waals surface area contributed by atoms with Crippen LogP contribution in [0.3, 0.4) is 0 Å². The molecule has 0 aromatic carbocycles. The van der Waals surface area contributed by atoms with E-state index in [1.807, 2.05) is 0 Å². The lowest BCUT2D eigenvalue weighted by Gasteiger charge is -1.86. The van der Waals surface area contributed by atoms with Crippen molar-refractivity contribution in [3.8, 4) is 0 Å². The largest absolute Gasteiger partial charge is 1.00 e. The Hall–Kier alpha value is 0. The van der Waals surface area contributed by atoms with E-state index in [0.717, 1.165) is 0 Å². The van der Waals surface area contributed by atoms with Crippen molar-refractivity contribution in [2.45, 2.75) is 39.5 Å². The summed E-state index contributed by atoms with van der Waals surface area (Å²) >= 11 is 0. The monoisotopic (exact) mass is 87.1 g/mol. The summed E-state index contributed by atoms with van der Waals surface area (Å²) in [5.41, 5.74) is 0. The molecule has 0 aliphatic heterocycles. The summed E-state index contributed by atoms with van der Waals surface area (Å²) in [6, 6.07) is 0. The molecule has 0 bridgehead atoms. The Morgan fingerprint density at radius 3 is 1.50 bits per heavy atom. The predicted molar refractivity (Wildman–Crippen MR) is 30.9 cm³/mol. The Kier molecular flexibility index (Phi) is 5.00. The normalized spacial score (nSPS) is 9.00. The van der Waals surface area contributed by atoms with Gasteiger partial charge >= 0.3 is 0 Å². The first kappa shape index (κ1) is 6.00. The van der Waals surface area contributed by atoms with Gasteiger partial charge in [-0.25, -0.2) is 0 Å². The van der Waals surface area contributed by atoms with Crippen molar-refractivity contribution in [1.29, 1.82) is 0 Å². The van der Waals surface area contributed by atoms with Gasteiger partial charge in [-0.1, -0.05) is 39.5 Å². The molecule has 0 aromatic rings. The van der Waals surface area contributed by atoms with Gasteiger partial charge in [0.15, 0.2) is 0 Å². The standard InChI is InChI=1S/C6H14.H/c1-3-5-6-4-2;/h3-6H2,1-2H3;/q;-1. The van der Waals surface area contributed by atoms with E-state index in [9.17, 15) is 0 Å². The second-order valence-corrected chi connectivity index (χ2v) is 1.71. The average Bonchev–Trinajstić information content (AvgIpc) is 1.61. The fourth-order valence-electron chi connectivity index (χ4n) is 0.500. The van der Waals surface area contributed by atoms with E-state index in [0.29, 0.717) is 0 Å². The zero-order valence-corrected chi connectivity index (χ0v) is 4.83. The molecule has 0 fully saturated rings. The van der Waals surface area contributed by atoms with Crippen LogP contribution in [0.4, 0.5) is 0 Å². The topological polar surface area (TPSA) is 0 Å². The first-order chi connectivity index (χ1) is 2.91. The Labute approximate surface area is 42.0 Å². The highest BCUT2D eigenvalue weighted by Gasteiger charge is 1.75. The van der Waals surface area contributed by atoms with Crippen molar-refractivity contribution in [3.05, 3.63) is 0 Å². The lowest BCUT2D eigenvalue weighted by molar-refractivity contribution is 0.702. The van der Waals surface area contributed by atoms with E-state index in [1.54, 1.807) is 0 Å². The summed E-state index contributed by atoms with van der Waals surface area (Å²) < 4.78 is 0. The van der Waals surface area contributed by atoms with Crippen LogP contribution in [0.2, 0.25) is 0 Å². The van der Waals surface area contributed by atoms with E-state index in [2.05, 4.69) is 13.8 Å². The summed E-state index contributed by atoms with van der Waals surface area (Å²) in [6.07, 6.45) is 5.54. The maximum Gasteiger partial charge on any atom is -0.0536 e. The van der Waals surface area contributed by atoms with E-state index in [-0.39, 0.29) is 1.43 Å². The van der Waals surface area contributed by atoms with Gasteiger partial charge in [0.05, 0.1) is 0 Å². The van der Waals surface area contributed by atoms with Crippen LogP contribution in [0.1, 0.15) is 41.0 Å². The first-order valence-electron chi connectivity index (χ1n) is 2.91. The zero-order chi connectivity index (χ0) is 4.83. The van der Waals surface area contributed by atoms with Gasteiger partial charge in [-0.3, -0.25) is 0 Å². The fourth-order valence-corrected chi connectivity index (χ4v) is 0.500. The van der Waals surface area contributed by atoms with Gasteiger partial charge < -0.3 is 1.43 Å². The Bertz CT molecular complexity index is 16.1. The molecule has 6 heavy (non-hydrogen) atoms. The fraction of sp³-hybridized carbons (Fsp3) is 1.00. The van der Waals surface area contributed by atoms with Crippen molar-refractivity contribution in [2.24, 2.45) is 0 Å². The third-order valence-electron chi connectivity index (χ3n) is 0.957. The summed E-state index contributed by atoms with van der Waals surface area (Å²) in [5.74, 6) is 0. The van der Waals surface area contributed by atoms with Crippen LogP contribution in [-0.2, 0) is 0 Å². The molecule has 0 heterocycles. The van der Waals surface area contributed by atoms with Crippen molar-refractivity contribution in [2.75, 3.05) is 0 Å². The highest BCUT2D eigenvalue weighted by molar-refractivity contribution is 4.31. The second kappa shape index (κ2) is 5.00. The van der Waals surface area contributed by atoms with Crippen LogP contribution in [0.15, 0.2) is 0 Å².